The molecule has 0 aromatic carbocycles. The van der Waals surface area contributed by atoms with Gasteiger partial charge in [0.1, 0.15) is 0 Å². The van der Waals surface area contributed by atoms with E-state index < -0.39 is 5.54 Å². The summed E-state index contributed by atoms with van der Waals surface area (Å²) in [6.45, 7) is 2.52. The summed E-state index contributed by atoms with van der Waals surface area (Å²) in [5, 5.41) is 2.93. The molecule has 1 fully saturated rings. The van der Waals surface area contributed by atoms with Gasteiger partial charge in [0.05, 0.1) is 5.54 Å². The largest absolute Gasteiger partial charge is 0.350 e. The molecular weight excluding hydrogens is 214 g/mol. The zero-order valence-corrected chi connectivity index (χ0v) is 10.2. The summed E-state index contributed by atoms with van der Waals surface area (Å²) in [5.74, 6) is -0.0220. The molecule has 17 heavy (non-hydrogen) atoms. The first-order valence-corrected chi connectivity index (χ1v) is 6.08. The predicted octanol–water partition coefficient (Wildman–Crippen LogP) is 1.28. The quantitative estimate of drug-likeness (QED) is 0.826. The highest BCUT2D eigenvalue weighted by Gasteiger charge is 2.36. The Balaban J connectivity index is 1.94. The van der Waals surface area contributed by atoms with E-state index in [4.69, 9.17) is 5.73 Å². The van der Waals surface area contributed by atoms with Gasteiger partial charge in [-0.05, 0) is 37.0 Å². The Bertz CT molecular complexity index is 411. The summed E-state index contributed by atoms with van der Waals surface area (Å²) in [5.41, 5.74) is 7.62. The molecule has 1 aromatic heterocycles. The van der Waals surface area contributed by atoms with Gasteiger partial charge in [-0.15, -0.1) is 0 Å². The number of hydrogen-bond acceptors (Lipinski definition) is 3. The highest BCUT2D eigenvalue weighted by molar-refractivity contribution is 5.86. The van der Waals surface area contributed by atoms with Gasteiger partial charge in [-0.2, -0.15) is 0 Å². The SMILES string of the molecule is Cc1cnccc1CNC(=O)C1(N)CCCC1. The summed E-state index contributed by atoms with van der Waals surface area (Å²) < 4.78 is 0. The van der Waals surface area contributed by atoms with E-state index in [0.29, 0.717) is 6.54 Å². The molecule has 1 aliphatic rings. The maximum absolute atomic E-state index is 12.0. The number of nitrogens with two attached hydrogens (primary N) is 1. The third kappa shape index (κ3) is 2.64. The fraction of sp³-hybridized carbons (Fsp3) is 0.538. The van der Waals surface area contributed by atoms with Gasteiger partial charge in [-0.1, -0.05) is 12.8 Å². The van der Waals surface area contributed by atoms with Crippen molar-refractivity contribution in [3.8, 4) is 0 Å². The third-order valence-corrected chi connectivity index (χ3v) is 3.52. The van der Waals surface area contributed by atoms with E-state index in [0.717, 1.165) is 36.8 Å². The second kappa shape index (κ2) is 4.84. The number of hydrogen-bond donors (Lipinski definition) is 2. The van der Waals surface area contributed by atoms with E-state index >= 15 is 0 Å². The highest BCUT2D eigenvalue weighted by atomic mass is 16.2. The molecule has 2 rings (SSSR count). The van der Waals surface area contributed by atoms with Gasteiger partial charge in [0.25, 0.3) is 0 Å². The molecule has 0 unspecified atom stereocenters. The summed E-state index contributed by atoms with van der Waals surface area (Å²) in [6.07, 6.45) is 7.25. The zero-order valence-electron chi connectivity index (χ0n) is 10.2. The molecule has 0 bridgehead atoms. The van der Waals surface area contributed by atoms with Gasteiger partial charge in [0.15, 0.2) is 0 Å². The van der Waals surface area contributed by atoms with Crippen LogP contribution in [0.3, 0.4) is 0 Å². The van der Waals surface area contributed by atoms with Crippen LogP contribution in [0.15, 0.2) is 18.5 Å². The molecule has 4 nitrogen and oxygen atoms in total. The number of aromatic nitrogens is 1. The first-order valence-electron chi connectivity index (χ1n) is 6.08. The van der Waals surface area contributed by atoms with Crippen LogP contribution in [0.5, 0.6) is 0 Å². The standard InChI is InChI=1S/C13H19N3O/c1-10-8-15-7-4-11(10)9-16-12(17)13(14)5-2-3-6-13/h4,7-8H,2-3,5-6,9,14H2,1H3,(H,16,17). The van der Waals surface area contributed by atoms with Crippen LogP contribution in [-0.4, -0.2) is 16.4 Å². The Morgan fingerprint density at radius 1 is 1.53 bits per heavy atom. The molecule has 1 saturated carbocycles. The number of carbonyl (C=O) groups excluding carboxylic acids is 1. The van der Waals surface area contributed by atoms with Crippen molar-refractivity contribution in [3.63, 3.8) is 0 Å². The average molecular weight is 233 g/mol. The second-order valence-corrected chi connectivity index (χ2v) is 4.85. The molecule has 0 atom stereocenters. The number of amides is 1. The maximum Gasteiger partial charge on any atom is 0.240 e. The van der Waals surface area contributed by atoms with E-state index in [1.807, 2.05) is 13.0 Å². The molecule has 0 spiro atoms. The van der Waals surface area contributed by atoms with Crippen molar-refractivity contribution in [1.82, 2.24) is 10.3 Å². The van der Waals surface area contributed by atoms with Crippen LogP contribution in [0.4, 0.5) is 0 Å². The number of nitrogens with one attached hydrogen (secondary N) is 1. The fourth-order valence-electron chi connectivity index (χ4n) is 2.29. The average Bonchev–Trinajstić information content (AvgIpc) is 2.76. The molecular formula is C13H19N3O. The van der Waals surface area contributed by atoms with E-state index in [1.54, 1.807) is 12.4 Å². The zero-order chi connectivity index (χ0) is 12.3. The van der Waals surface area contributed by atoms with E-state index in [9.17, 15) is 4.79 Å². The van der Waals surface area contributed by atoms with Crippen LogP contribution in [0.1, 0.15) is 36.8 Å². The van der Waals surface area contributed by atoms with Gasteiger partial charge in [0.2, 0.25) is 5.91 Å². The van der Waals surface area contributed by atoms with E-state index in [1.165, 1.54) is 0 Å². The Labute approximate surface area is 102 Å². The third-order valence-electron chi connectivity index (χ3n) is 3.52. The Morgan fingerprint density at radius 2 is 2.24 bits per heavy atom. The lowest BCUT2D eigenvalue weighted by Gasteiger charge is -2.22. The smallest absolute Gasteiger partial charge is 0.240 e. The van der Waals surface area contributed by atoms with Gasteiger partial charge in [-0.3, -0.25) is 9.78 Å². The van der Waals surface area contributed by atoms with Crippen LogP contribution in [0.2, 0.25) is 0 Å². The van der Waals surface area contributed by atoms with Gasteiger partial charge < -0.3 is 11.1 Å². The lowest BCUT2D eigenvalue weighted by molar-refractivity contribution is -0.126. The van der Waals surface area contributed by atoms with E-state index in [2.05, 4.69) is 10.3 Å². The van der Waals surface area contributed by atoms with Gasteiger partial charge in [0, 0.05) is 18.9 Å². The monoisotopic (exact) mass is 233 g/mol. The Morgan fingerprint density at radius 3 is 2.88 bits per heavy atom. The summed E-state index contributed by atoms with van der Waals surface area (Å²) in [4.78, 5) is 16.0. The van der Waals surface area contributed by atoms with Crippen molar-refractivity contribution >= 4 is 5.91 Å². The van der Waals surface area contributed by atoms with Gasteiger partial charge >= 0.3 is 0 Å². The number of aryl methyl sites for hydroxylation is 1. The summed E-state index contributed by atoms with van der Waals surface area (Å²) in [6, 6.07) is 1.92. The predicted molar refractivity (Wildman–Crippen MR) is 66.2 cm³/mol. The Kier molecular flexibility index (Phi) is 3.43. The minimum absolute atomic E-state index is 0.0220. The van der Waals surface area contributed by atoms with Crippen LogP contribution < -0.4 is 11.1 Å². The molecule has 1 amide bonds. The normalized spacial score (nSPS) is 18.0. The summed E-state index contributed by atoms with van der Waals surface area (Å²) in [7, 11) is 0. The topological polar surface area (TPSA) is 68.0 Å². The minimum atomic E-state index is -0.638. The first kappa shape index (κ1) is 12.0. The summed E-state index contributed by atoms with van der Waals surface area (Å²) >= 11 is 0. The van der Waals surface area contributed by atoms with Crippen molar-refractivity contribution in [2.75, 3.05) is 0 Å². The molecule has 92 valence electrons. The van der Waals surface area contributed by atoms with Crippen LogP contribution in [-0.2, 0) is 11.3 Å². The molecule has 0 radical (unpaired) electrons. The second-order valence-electron chi connectivity index (χ2n) is 4.85. The molecule has 0 saturated heterocycles. The van der Waals surface area contributed by atoms with Crippen molar-refractivity contribution in [3.05, 3.63) is 29.6 Å². The lowest BCUT2D eigenvalue weighted by Crippen LogP contribution is -2.51. The van der Waals surface area contributed by atoms with Gasteiger partial charge in [-0.25, -0.2) is 0 Å². The number of rotatable bonds is 3. The molecule has 3 N–H and O–H groups in total. The fourth-order valence-corrected chi connectivity index (χ4v) is 2.29. The molecule has 1 aromatic rings. The van der Waals surface area contributed by atoms with Crippen LogP contribution in [0.25, 0.3) is 0 Å². The van der Waals surface area contributed by atoms with Crippen LogP contribution >= 0.6 is 0 Å². The molecule has 4 heteroatoms. The molecule has 0 aliphatic heterocycles. The highest BCUT2D eigenvalue weighted by Crippen LogP contribution is 2.27. The first-order chi connectivity index (χ1) is 8.12. The van der Waals surface area contributed by atoms with Crippen molar-refractivity contribution in [1.29, 1.82) is 0 Å². The van der Waals surface area contributed by atoms with Crippen molar-refractivity contribution in [2.24, 2.45) is 5.73 Å². The number of carbonyl (C=O) groups is 1. The van der Waals surface area contributed by atoms with E-state index in [-0.39, 0.29) is 5.91 Å². The lowest BCUT2D eigenvalue weighted by atomic mass is 9.98. The number of pyridine rings is 1. The Hall–Kier alpha value is -1.42. The van der Waals surface area contributed by atoms with Crippen LogP contribution in [0, 0.1) is 6.92 Å². The molecule has 1 aliphatic carbocycles. The minimum Gasteiger partial charge on any atom is -0.350 e. The maximum atomic E-state index is 12.0. The molecule has 1 heterocycles. The van der Waals surface area contributed by atoms with Crippen molar-refractivity contribution < 1.29 is 4.79 Å². The van der Waals surface area contributed by atoms with Crippen molar-refractivity contribution in [2.45, 2.75) is 44.7 Å². The number of nitrogens with zero attached hydrogens (tertiary/aromatic N) is 1.